The number of allylic oxidation sites excluding steroid dienone is 8. The zero-order valence-corrected chi connectivity index (χ0v) is 44.3. The highest BCUT2D eigenvalue weighted by atomic mass is 14.7. The van der Waals surface area contributed by atoms with Crippen LogP contribution in [-0.2, 0) is 0 Å². The predicted octanol–water partition coefficient (Wildman–Crippen LogP) is 16.9. The topological polar surface area (TPSA) is 0 Å². The molecule has 0 heteroatoms. The molecule has 36 atom stereocenters. The van der Waals surface area contributed by atoms with Crippen molar-refractivity contribution in [2.75, 3.05) is 0 Å². The van der Waals surface area contributed by atoms with Crippen molar-refractivity contribution in [3.8, 4) is 0 Å². The van der Waals surface area contributed by atoms with E-state index < -0.39 is 0 Å². The second-order valence-electron chi connectivity index (χ2n) is 31.9. The molecule has 20 rings (SSSR count). The summed E-state index contributed by atoms with van der Waals surface area (Å²) in [6.07, 6.45) is 53.9. The quantitative estimate of drug-likeness (QED) is 0.230. The Balaban J connectivity index is 0.0000000776. The first-order valence-electron chi connectivity index (χ1n) is 32.5. The van der Waals surface area contributed by atoms with E-state index in [0.29, 0.717) is 0 Å². The van der Waals surface area contributed by atoms with E-state index in [1.54, 1.807) is 103 Å². The summed E-state index contributed by atoms with van der Waals surface area (Å²) in [6, 6.07) is 0. The normalized spacial score (nSPS) is 65.5. The lowest BCUT2D eigenvalue weighted by molar-refractivity contribution is 0.0207. The lowest BCUT2D eigenvalue weighted by Crippen LogP contribution is -2.41. The standard InChI is InChI=1S/2C18H26.C17H24.C16H22/c1-9-10(2)14-6-13(9)17-7-15-11-3-4-12(5-11)16(15)8-18(14)17;1-2-10-5-13-7-14(10)18-9-16-12-4-3-11(6-12)15(16)8-17(13)18;1-9-4-12-6-13(9)17-8-15-11-3-2-10(5-11)14(15)7-16(12)17;1-2-10-5-9(1)13-7-15-11-3-4-12(6-11)16(15)8-14(10)13/h3-4,9-18H,5-8H2,1-2H3;3-4,10-18H,2,5-9H2,1H3;2-3,9-17H,4-8H2,1H3;1-2,9-16H,3-8H2. The van der Waals surface area contributed by atoms with Crippen molar-refractivity contribution < 1.29 is 0 Å². The molecule has 0 aromatic carbocycles. The average molecular weight is 928 g/mol. The number of fused-ring (bicyclic) bond motifs is 40. The Bertz CT molecular complexity index is 2060. The van der Waals surface area contributed by atoms with E-state index in [1.807, 2.05) is 0 Å². The third kappa shape index (κ3) is 6.17. The molecule has 36 unspecified atom stereocenters. The molecule has 69 heavy (non-hydrogen) atoms. The minimum Gasteiger partial charge on any atom is -0.0848 e. The fourth-order valence-corrected chi connectivity index (χ4v) is 28.3. The molecular formula is C69H98. The van der Waals surface area contributed by atoms with E-state index in [0.717, 1.165) is 189 Å². The summed E-state index contributed by atoms with van der Waals surface area (Å²) in [4.78, 5) is 0. The Morgan fingerprint density at radius 2 is 0.551 bits per heavy atom. The van der Waals surface area contributed by atoms with Gasteiger partial charge in [-0.2, -0.15) is 0 Å². The van der Waals surface area contributed by atoms with Crippen molar-refractivity contribution in [3.63, 3.8) is 0 Å². The monoisotopic (exact) mass is 927 g/mol. The van der Waals surface area contributed by atoms with Gasteiger partial charge in [0.1, 0.15) is 0 Å². The van der Waals surface area contributed by atoms with E-state index in [2.05, 4.69) is 76.3 Å². The van der Waals surface area contributed by atoms with Crippen LogP contribution in [0.2, 0.25) is 0 Å². The summed E-state index contributed by atoms with van der Waals surface area (Å²) in [7, 11) is 0. The van der Waals surface area contributed by atoms with Gasteiger partial charge in [0.25, 0.3) is 0 Å². The first-order valence-corrected chi connectivity index (χ1v) is 32.5. The van der Waals surface area contributed by atoms with Gasteiger partial charge in [0.15, 0.2) is 0 Å². The van der Waals surface area contributed by atoms with Crippen LogP contribution in [0.25, 0.3) is 0 Å². The second-order valence-corrected chi connectivity index (χ2v) is 31.9. The zero-order valence-electron chi connectivity index (χ0n) is 44.3. The Morgan fingerprint density at radius 1 is 0.246 bits per heavy atom. The van der Waals surface area contributed by atoms with Gasteiger partial charge in [0, 0.05) is 0 Å². The Labute approximate surface area is 422 Å². The molecule has 0 heterocycles. The van der Waals surface area contributed by atoms with Gasteiger partial charge in [0.2, 0.25) is 0 Å². The molecule has 0 aromatic heterocycles. The molecule has 0 radical (unpaired) electrons. The number of rotatable bonds is 1. The van der Waals surface area contributed by atoms with E-state index in [-0.39, 0.29) is 0 Å². The zero-order chi connectivity index (χ0) is 45.3. The lowest BCUT2D eigenvalue weighted by atomic mass is 9.58. The number of hydrogen-bond acceptors (Lipinski definition) is 0. The third-order valence-electron chi connectivity index (χ3n) is 30.9. The van der Waals surface area contributed by atoms with E-state index in [9.17, 15) is 0 Å². The summed E-state index contributed by atoms with van der Waals surface area (Å²) in [5.41, 5.74) is 0. The molecule has 0 saturated heterocycles. The van der Waals surface area contributed by atoms with Gasteiger partial charge in [-0.3, -0.25) is 0 Å². The highest BCUT2D eigenvalue weighted by molar-refractivity contribution is 5.21. The van der Waals surface area contributed by atoms with Gasteiger partial charge in [-0.25, -0.2) is 0 Å². The van der Waals surface area contributed by atoms with Crippen LogP contribution < -0.4 is 0 Å². The predicted molar refractivity (Wildman–Crippen MR) is 282 cm³/mol. The molecule has 16 fully saturated rings. The van der Waals surface area contributed by atoms with Crippen LogP contribution >= 0.6 is 0 Å². The maximum Gasteiger partial charge on any atom is -0.0196 e. The Hall–Kier alpha value is -1.04. The molecule has 374 valence electrons. The summed E-state index contributed by atoms with van der Waals surface area (Å²) >= 11 is 0. The summed E-state index contributed by atoms with van der Waals surface area (Å²) in [5.74, 6) is 39.5. The van der Waals surface area contributed by atoms with E-state index >= 15 is 0 Å². The molecule has 16 bridgehead atoms. The summed E-state index contributed by atoms with van der Waals surface area (Å²) in [5, 5.41) is 0. The Morgan fingerprint density at radius 3 is 0.942 bits per heavy atom. The molecule has 0 spiro atoms. The fraction of sp³-hybridized carbons (Fsp3) is 0.884. The summed E-state index contributed by atoms with van der Waals surface area (Å²) in [6.45, 7) is 10.1. The maximum atomic E-state index is 2.58. The molecule has 0 amide bonds. The van der Waals surface area contributed by atoms with Crippen molar-refractivity contribution in [2.45, 2.75) is 163 Å². The van der Waals surface area contributed by atoms with Crippen LogP contribution in [-0.4, -0.2) is 0 Å². The van der Waals surface area contributed by atoms with Gasteiger partial charge in [0.05, 0.1) is 0 Å². The fourth-order valence-electron chi connectivity index (χ4n) is 28.3. The maximum absolute atomic E-state index is 2.58. The van der Waals surface area contributed by atoms with Crippen LogP contribution in [0.4, 0.5) is 0 Å². The Kier molecular flexibility index (Phi) is 9.87. The minimum absolute atomic E-state index is 0.993. The van der Waals surface area contributed by atoms with Crippen LogP contribution in [0.5, 0.6) is 0 Å². The van der Waals surface area contributed by atoms with Gasteiger partial charge in [-0.1, -0.05) is 82.7 Å². The third-order valence-corrected chi connectivity index (χ3v) is 30.9. The van der Waals surface area contributed by atoms with Crippen molar-refractivity contribution >= 4 is 0 Å². The molecule has 0 N–H and O–H groups in total. The smallest absolute Gasteiger partial charge is 0.0196 e. The molecule has 0 nitrogen and oxygen atoms in total. The van der Waals surface area contributed by atoms with Gasteiger partial charge in [-0.15, -0.1) is 0 Å². The summed E-state index contributed by atoms with van der Waals surface area (Å²) < 4.78 is 0. The largest absolute Gasteiger partial charge is 0.0848 e. The molecular weight excluding hydrogens is 829 g/mol. The van der Waals surface area contributed by atoms with Crippen LogP contribution in [0.3, 0.4) is 0 Å². The highest BCUT2D eigenvalue weighted by Gasteiger charge is 2.63. The van der Waals surface area contributed by atoms with Crippen molar-refractivity contribution in [1.82, 2.24) is 0 Å². The van der Waals surface area contributed by atoms with Crippen LogP contribution in [0.1, 0.15) is 163 Å². The molecule has 0 aliphatic heterocycles. The molecule has 0 aromatic rings. The van der Waals surface area contributed by atoms with E-state index in [4.69, 9.17) is 0 Å². The van der Waals surface area contributed by atoms with Gasteiger partial charge >= 0.3 is 0 Å². The minimum atomic E-state index is 0.993. The lowest BCUT2D eigenvalue weighted by Gasteiger charge is -2.47. The second kappa shape index (κ2) is 15.8. The average Bonchev–Trinajstić information content (AvgIpc) is 4.21. The molecule has 16 saturated carbocycles. The van der Waals surface area contributed by atoms with Crippen LogP contribution in [0, 0.1) is 213 Å². The number of hydrogen-bond donors (Lipinski definition) is 0. The van der Waals surface area contributed by atoms with Crippen molar-refractivity contribution in [3.05, 3.63) is 48.6 Å². The van der Waals surface area contributed by atoms with Gasteiger partial charge < -0.3 is 0 Å². The first kappa shape index (κ1) is 43.2. The highest BCUT2D eigenvalue weighted by Crippen LogP contribution is 2.71. The molecule has 20 aliphatic carbocycles. The first-order chi connectivity index (χ1) is 33.8. The van der Waals surface area contributed by atoms with Crippen molar-refractivity contribution in [2.24, 2.45) is 213 Å². The van der Waals surface area contributed by atoms with Crippen LogP contribution in [0.15, 0.2) is 48.6 Å². The van der Waals surface area contributed by atoms with Gasteiger partial charge in [-0.05, 0) is 341 Å². The van der Waals surface area contributed by atoms with Crippen molar-refractivity contribution in [1.29, 1.82) is 0 Å². The molecule has 20 aliphatic rings. The van der Waals surface area contributed by atoms with E-state index in [1.165, 1.54) is 55.8 Å². The SMILES string of the molecule is C1=CC2CC1C1CC3C4CCC(C4)C3CC21.CC1C(C)C2CC1C1CC3C4C=CC(C4)C3CC21.CC1CC2CC1C1CC3C4C=CC(C4)C3CC21.CCC1CC2CC1C1CC3C4C=CC(C4)C3CC21.